The van der Waals surface area contributed by atoms with Crippen LogP contribution >= 0.6 is 15.9 Å². The van der Waals surface area contributed by atoms with E-state index in [0.29, 0.717) is 29.2 Å². The van der Waals surface area contributed by atoms with Gasteiger partial charge in [-0.05, 0) is 48.4 Å². The van der Waals surface area contributed by atoms with Crippen LogP contribution in [0, 0.1) is 0 Å². The van der Waals surface area contributed by atoms with Crippen LogP contribution in [-0.2, 0) is 9.53 Å². The fourth-order valence-electron chi connectivity index (χ4n) is 2.20. The number of carbonyl (C=O) groups excluding carboxylic acids is 1. The lowest BCUT2D eigenvalue weighted by atomic mass is 10.0. The van der Waals surface area contributed by atoms with Gasteiger partial charge in [0.1, 0.15) is 0 Å². The smallest absolute Gasteiger partial charge is 0.338 e. The van der Waals surface area contributed by atoms with Crippen molar-refractivity contribution < 1.29 is 19.0 Å². The number of hydrogen-bond acceptors (Lipinski definition) is 4. The van der Waals surface area contributed by atoms with Gasteiger partial charge < -0.3 is 14.2 Å². The molecule has 2 aromatic rings. The predicted molar refractivity (Wildman–Crippen MR) is 98.2 cm³/mol. The second-order valence-corrected chi connectivity index (χ2v) is 5.82. The molecule has 0 radical (unpaired) electrons. The lowest BCUT2D eigenvalue weighted by molar-refractivity contribution is -0.136. The van der Waals surface area contributed by atoms with Crippen molar-refractivity contribution >= 4 is 33.5 Å². The molecule has 4 nitrogen and oxygen atoms in total. The van der Waals surface area contributed by atoms with E-state index in [-0.39, 0.29) is 5.97 Å². The lowest BCUT2D eigenvalue weighted by Gasteiger charge is -2.12. The summed E-state index contributed by atoms with van der Waals surface area (Å²) >= 11 is 3.40. The van der Waals surface area contributed by atoms with Crippen molar-refractivity contribution in [3.63, 3.8) is 0 Å². The predicted octanol–water partition coefficient (Wildman–Crippen LogP) is 4.57. The van der Waals surface area contributed by atoms with E-state index < -0.39 is 0 Å². The van der Waals surface area contributed by atoms with Crippen molar-refractivity contribution in [1.82, 2.24) is 0 Å². The highest BCUT2D eigenvalue weighted by atomic mass is 79.9. The van der Waals surface area contributed by atoms with E-state index in [0.717, 1.165) is 10.0 Å². The number of ether oxygens (including phenoxy) is 3. The van der Waals surface area contributed by atoms with Crippen molar-refractivity contribution in [3.8, 4) is 11.5 Å². The molecule has 0 atom stereocenters. The molecule has 0 amide bonds. The van der Waals surface area contributed by atoms with Crippen molar-refractivity contribution in [2.24, 2.45) is 0 Å². The Labute approximate surface area is 150 Å². The first-order valence-corrected chi connectivity index (χ1v) is 8.25. The zero-order valence-corrected chi connectivity index (χ0v) is 15.4. The maximum Gasteiger partial charge on any atom is 0.338 e. The van der Waals surface area contributed by atoms with Gasteiger partial charge in [-0.15, -0.1) is 0 Å². The summed E-state index contributed by atoms with van der Waals surface area (Å²) in [7, 11) is 3.13. The van der Waals surface area contributed by atoms with Crippen molar-refractivity contribution in [2.75, 3.05) is 20.8 Å². The Kier molecular flexibility index (Phi) is 6.44. The third-order valence-corrected chi connectivity index (χ3v) is 3.90. The standard InChI is InChI=1S/C19H19BrO4/c1-4-24-19(21)16(11-13-5-8-15(20)9-6-13)14-7-10-17(22-2)18(12-14)23-3/h5-12H,4H2,1-3H3/b16-11+. The van der Waals surface area contributed by atoms with Gasteiger partial charge >= 0.3 is 5.97 Å². The molecule has 2 rings (SSSR count). The third kappa shape index (κ3) is 4.38. The maximum atomic E-state index is 12.4. The van der Waals surface area contributed by atoms with Crippen LogP contribution in [0.3, 0.4) is 0 Å². The van der Waals surface area contributed by atoms with Crippen molar-refractivity contribution in [2.45, 2.75) is 6.92 Å². The highest BCUT2D eigenvalue weighted by Crippen LogP contribution is 2.31. The number of hydrogen-bond donors (Lipinski definition) is 0. The van der Waals surface area contributed by atoms with Crippen LogP contribution in [0.4, 0.5) is 0 Å². The van der Waals surface area contributed by atoms with Crippen molar-refractivity contribution in [3.05, 3.63) is 58.1 Å². The van der Waals surface area contributed by atoms with E-state index >= 15 is 0 Å². The number of carbonyl (C=O) groups is 1. The van der Waals surface area contributed by atoms with E-state index in [1.165, 1.54) is 0 Å². The average Bonchev–Trinajstić information content (AvgIpc) is 2.60. The molecule has 0 saturated heterocycles. The Morgan fingerprint density at radius 1 is 1.04 bits per heavy atom. The Morgan fingerprint density at radius 2 is 1.71 bits per heavy atom. The number of halogens is 1. The first-order chi connectivity index (χ1) is 11.6. The van der Waals surface area contributed by atoms with Gasteiger partial charge in [-0.2, -0.15) is 0 Å². The number of methoxy groups -OCH3 is 2. The van der Waals surface area contributed by atoms with Crippen LogP contribution in [0.15, 0.2) is 46.9 Å². The monoisotopic (exact) mass is 390 g/mol. The summed E-state index contributed by atoms with van der Waals surface area (Å²) in [5, 5.41) is 0. The largest absolute Gasteiger partial charge is 0.493 e. The SMILES string of the molecule is CCOC(=O)/C(=C/c1ccc(Br)cc1)c1ccc(OC)c(OC)c1. The Balaban J connectivity index is 2.50. The summed E-state index contributed by atoms with van der Waals surface area (Å²) in [5.41, 5.74) is 2.06. The molecule has 0 heterocycles. The molecule has 24 heavy (non-hydrogen) atoms. The minimum atomic E-state index is -0.382. The first-order valence-electron chi connectivity index (χ1n) is 7.45. The maximum absolute atomic E-state index is 12.4. The van der Waals surface area contributed by atoms with Gasteiger partial charge in [-0.1, -0.05) is 34.1 Å². The second-order valence-electron chi connectivity index (χ2n) is 4.90. The topological polar surface area (TPSA) is 44.8 Å². The van der Waals surface area contributed by atoms with Gasteiger partial charge in [0.15, 0.2) is 11.5 Å². The minimum absolute atomic E-state index is 0.309. The summed E-state index contributed by atoms with van der Waals surface area (Å²) in [5.74, 6) is 0.779. The Morgan fingerprint density at radius 3 is 2.29 bits per heavy atom. The van der Waals surface area contributed by atoms with Gasteiger partial charge in [0, 0.05) is 4.47 Å². The molecule has 2 aromatic carbocycles. The molecule has 0 spiro atoms. The zero-order valence-electron chi connectivity index (χ0n) is 13.8. The van der Waals surface area contributed by atoms with E-state index in [4.69, 9.17) is 14.2 Å². The van der Waals surface area contributed by atoms with Gasteiger partial charge in [-0.25, -0.2) is 4.79 Å². The van der Waals surface area contributed by atoms with Crippen LogP contribution in [-0.4, -0.2) is 26.8 Å². The van der Waals surface area contributed by atoms with E-state index in [2.05, 4.69) is 15.9 Å². The highest BCUT2D eigenvalue weighted by molar-refractivity contribution is 9.10. The fraction of sp³-hybridized carbons (Fsp3) is 0.211. The zero-order chi connectivity index (χ0) is 17.5. The summed E-state index contributed by atoms with van der Waals surface area (Å²) in [4.78, 5) is 12.4. The molecular weight excluding hydrogens is 372 g/mol. The first kappa shape index (κ1) is 18.1. The second kappa shape index (κ2) is 8.55. The molecule has 0 saturated carbocycles. The van der Waals surface area contributed by atoms with Crippen LogP contribution in [0.25, 0.3) is 11.6 Å². The molecule has 0 aliphatic heterocycles. The summed E-state index contributed by atoms with van der Waals surface area (Å²) in [6.45, 7) is 2.09. The van der Waals surface area contributed by atoms with Crippen LogP contribution < -0.4 is 9.47 Å². The van der Waals surface area contributed by atoms with Gasteiger partial charge in [0.05, 0.1) is 26.4 Å². The molecule has 0 unspecified atom stereocenters. The average molecular weight is 391 g/mol. The molecule has 5 heteroatoms. The van der Waals surface area contributed by atoms with E-state index in [1.54, 1.807) is 39.4 Å². The highest BCUT2D eigenvalue weighted by Gasteiger charge is 2.16. The number of benzene rings is 2. The van der Waals surface area contributed by atoms with Crippen LogP contribution in [0.5, 0.6) is 11.5 Å². The molecular formula is C19H19BrO4. The normalized spacial score (nSPS) is 11.1. The van der Waals surface area contributed by atoms with Crippen LogP contribution in [0.2, 0.25) is 0 Å². The molecule has 0 fully saturated rings. The number of rotatable bonds is 6. The molecule has 0 aliphatic rings. The van der Waals surface area contributed by atoms with Gasteiger partial charge in [0.2, 0.25) is 0 Å². The number of esters is 1. The molecule has 0 aromatic heterocycles. The minimum Gasteiger partial charge on any atom is -0.493 e. The summed E-state index contributed by atoms with van der Waals surface area (Å²) in [6.07, 6.45) is 1.80. The van der Waals surface area contributed by atoms with Crippen LogP contribution in [0.1, 0.15) is 18.1 Å². The summed E-state index contributed by atoms with van der Waals surface area (Å²) < 4.78 is 16.7. The molecule has 0 aliphatic carbocycles. The van der Waals surface area contributed by atoms with E-state index in [1.807, 2.05) is 30.3 Å². The molecule has 0 bridgehead atoms. The molecule has 0 N–H and O–H groups in total. The van der Waals surface area contributed by atoms with Gasteiger partial charge in [0.25, 0.3) is 0 Å². The fourth-order valence-corrected chi connectivity index (χ4v) is 2.46. The third-order valence-electron chi connectivity index (χ3n) is 3.37. The van der Waals surface area contributed by atoms with E-state index in [9.17, 15) is 4.79 Å². The lowest BCUT2D eigenvalue weighted by Crippen LogP contribution is -2.07. The summed E-state index contributed by atoms with van der Waals surface area (Å²) in [6, 6.07) is 13.0. The van der Waals surface area contributed by atoms with Gasteiger partial charge in [-0.3, -0.25) is 0 Å². The van der Waals surface area contributed by atoms with Crippen molar-refractivity contribution in [1.29, 1.82) is 0 Å². The Hall–Kier alpha value is -2.27. The molecule has 126 valence electrons. The Bertz CT molecular complexity index is 736. The quantitative estimate of drug-likeness (QED) is 0.411.